The highest BCUT2D eigenvalue weighted by Gasteiger charge is 2.22. The zero-order chi connectivity index (χ0) is 12.8. The Bertz CT molecular complexity index is 373. The summed E-state index contributed by atoms with van der Waals surface area (Å²) >= 11 is 1.81. The van der Waals surface area contributed by atoms with Crippen molar-refractivity contribution in [2.75, 3.05) is 13.7 Å². The van der Waals surface area contributed by atoms with Crippen molar-refractivity contribution in [3.8, 4) is 5.75 Å². The molecule has 2 rings (SSSR count). The van der Waals surface area contributed by atoms with Gasteiger partial charge in [-0.15, -0.1) is 5.73 Å². The standard InChI is InChI=1S/C14H20N2OS/c1-17-12-7-3-2-6-11(12)10-18-13-8-4-5-9-16-14(13)15/h2-3,6-7,13-14,16H,4-5,8-10H2,1H3. The molecule has 4 heteroatoms. The van der Waals surface area contributed by atoms with Gasteiger partial charge in [-0.05, 0) is 25.5 Å². The molecule has 2 radical (unpaired) electrons. The first-order chi connectivity index (χ1) is 8.81. The van der Waals surface area contributed by atoms with Crippen LogP contribution in [0.3, 0.4) is 0 Å². The summed E-state index contributed by atoms with van der Waals surface area (Å²) in [5, 5.41) is 3.44. The lowest BCUT2D eigenvalue weighted by Crippen LogP contribution is -2.37. The fourth-order valence-corrected chi connectivity index (χ4v) is 3.45. The van der Waals surface area contributed by atoms with Gasteiger partial charge in [0.2, 0.25) is 0 Å². The number of methoxy groups -OCH3 is 1. The molecule has 3 nitrogen and oxygen atoms in total. The summed E-state index contributed by atoms with van der Waals surface area (Å²) in [4.78, 5) is 0. The van der Waals surface area contributed by atoms with Crippen LogP contribution >= 0.6 is 11.8 Å². The molecule has 1 aliphatic heterocycles. The molecule has 0 spiro atoms. The molecule has 18 heavy (non-hydrogen) atoms. The monoisotopic (exact) mass is 264 g/mol. The van der Waals surface area contributed by atoms with Crippen molar-refractivity contribution in [3.63, 3.8) is 0 Å². The summed E-state index contributed by atoms with van der Waals surface area (Å²) in [6, 6.07) is 8.08. The van der Waals surface area contributed by atoms with Crippen LogP contribution in [0.5, 0.6) is 5.75 Å². The number of benzene rings is 1. The Kier molecular flexibility index (Phi) is 5.35. The van der Waals surface area contributed by atoms with Crippen LogP contribution in [-0.2, 0) is 5.75 Å². The molecule has 1 aromatic rings. The van der Waals surface area contributed by atoms with Crippen LogP contribution in [0.1, 0.15) is 24.8 Å². The van der Waals surface area contributed by atoms with Crippen LogP contribution in [0.15, 0.2) is 24.3 Å². The molecule has 2 unspecified atom stereocenters. The molecular weight excluding hydrogens is 244 g/mol. The Balaban J connectivity index is 1.93. The molecule has 1 N–H and O–H groups in total. The van der Waals surface area contributed by atoms with E-state index in [0.29, 0.717) is 0 Å². The Hall–Kier alpha value is -0.710. The number of nitrogens with zero attached hydrogens (tertiary/aromatic N) is 1. The van der Waals surface area contributed by atoms with Crippen LogP contribution < -0.4 is 15.8 Å². The van der Waals surface area contributed by atoms with E-state index in [1.165, 1.54) is 12.0 Å². The molecule has 1 heterocycles. The van der Waals surface area contributed by atoms with Crippen molar-refractivity contribution in [1.82, 2.24) is 11.1 Å². The van der Waals surface area contributed by atoms with Crippen LogP contribution in [-0.4, -0.2) is 25.1 Å². The largest absolute Gasteiger partial charge is 0.496 e. The van der Waals surface area contributed by atoms with Gasteiger partial charge in [-0.25, -0.2) is 0 Å². The van der Waals surface area contributed by atoms with E-state index in [0.717, 1.165) is 30.9 Å². The van der Waals surface area contributed by atoms with Gasteiger partial charge in [0.15, 0.2) is 0 Å². The zero-order valence-electron chi connectivity index (χ0n) is 10.8. The van der Waals surface area contributed by atoms with E-state index in [1.807, 2.05) is 30.0 Å². The highest BCUT2D eigenvalue weighted by atomic mass is 32.2. The van der Waals surface area contributed by atoms with Crippen molar-refractivity contribution in [2.45, 2.75) is 36.4 Å². The van der Waals surface area contributed by atoms with E-state index in [-0.39, 0.29) is 11.4 Å². The maximum Gasteiger partial charge on any atom is 0.122 e. The lowest BCUT2D eigenvalue weighted by molar-refractivity contribution is 0.411. The molecule has 1 aliphatic rings. The normalized spacial score (nSPS) is 24.6. The van der Waals surface area contributed by atoms with E-state index in [9.17, 15) is 5.73 Å². The molecule has 2 atom stereocenters. The van der Waals surface area contributed by atoms with Gasteiger partial charge < -0.3 is 4.74 Å². The number of hydrogen-bond acceptors (Lipinski definition) is 3. The second-order valence-electron chi connectivity index (χ2n) is 4.56. The molecule has 98 valence electrons. The second-order valence-corrected chi connectivity index (χ2v) is 5.78. The highest BCUT2D eigenvalue weighted by molar-refractivity contribution is 7.99. The predicted molar refractivity (Wildman–Crippen MR) is 75.9 cm³/mol. The second kappa shape index (κ2) is 7.02. The van der Waals surface area contributed by atoms with Crippen LogP contribution in [0.2, 0.25) is 0 Å². The molecular formula is C14H20N2OS. The number of thioether (sulfide) groups is 1. The van der Waals surface area contributed by atoms with Crippen LogP contribution in [0.4, 0.5) is 0 Å². The topological polar surface area (TPSA) is 43.6 Å². The molecule has 0 bridgehead atoms. The first-order valence-corrected chi connectivity index (χ1v) is 7.51. The first kappa shape index (κ1) is 13.7. The van der Waals surface area contributed by atoms with Crippen molar-refractivity contribution in [2.24, 2.45) is 0 Å². The molecule has 1 fully saturated rings. The van der Waals surface area contributed by atoms with Gasteiger partial charge in [-0.2, -0.15) is 11.8 Å². The maximum atomic E-state index is 9.99. The quantitative estimate of drug-likeness (QED) is 0.908. The van der Waals surface area contributed by atoms with Gasteiger partial charge in [0.25, 0.3) is 0 Å². The van der Waals surface area contributed by atoms with Gasteiger partial charge in [-0.3, -0.25) is 5.32 Å². The minimum atomic E-state index is -0.382. The van der Waals surface area contributed by atoms with E-state index in [4.69, 9.17) is 4.74 Å². The Morgan fingerprint density at radius 1 is 1.39 bits per heavy atom. The molecule has 0 amide bonds. The highest BCUT2D eigenvalue weighted by Crippen LogP contribution is 2.29. The number of rotatable bonds is 4. The smallest absolute Gasteiger partial charge is 0.122 e. The number of ether oxygens (including phenoxy) is 1. The van der Waals surface area contributed by atoms with Crippen molar-refractivity contribution >= 4 is 11.8 Å². The lowest BCUT2D eigenvalue weighted by atomic mass is 10.2. The first-order valence-electron chi connectivity index (χ1n) is 6.46. The number of para-hydroxylation sites is 1. The SMILES string of the molecule is COc1ccccc1CSC1CCCCNC1[N]. The number of nitrogens with one attached hydrogen (secondary N) is 1. The minimum Gasteiger partial charge on any atom is -0.496 e. The summed E-state index contributed by atoms with van der Waals surface area (Å²) < 4.78 is 5.35. The van der Waals surface area contributed by atoms with E-state index < -0.39 is 0 Å². The predicted octanol–water partition coefficient (Wildman–Crippen LogP) is 2.47. The van der Waals surface area contributed by atoms with E-state index >= 15 is 0 Å². The summed E-state index contributed by atoms with van der Waals surface area (Å²) in [7, 11) is 1.70. The Morgan fingerprint density at radius 2 is 2.22 bits per heavy atom. The molecule has 1 aromatic carbocycles. The molecule has 0 aliphatic carbocycles. The van der Waals surface area contributed by atoms with Gasteiger partial charge >= 0.3 is 0 Å². The molecule has 0 saturated carbocycles. The fourth-order valence-electron chi connectivity index (χ4n) is 2.20. The van der Waals surface area contributed by atoms with E-state index in [1.54, 1.807) is 7.11 Å². The lowest BCUT2D eigenvalue weighted by Gasteiger charge is -2.20. The van der Waals surface area contributed by atoms with Gasteiger partial charge in [0.1, 0.15) is 11.9 Å². The van der Waals surface area contributed by atoms with Crippen LogP contribution in [0.25, 0.3) is 0 Å². The molecule has 0 aromatic heterocycles. The molecule has 1 saturated heterocycles. The third-order valence-electron chi connectivity index (χ3n) is 3.27. The van der Waals surface area contributed by atoms with Crippen molar-refractivity contribution in [3.05, 3.63) is 29.8 Å². The maximum absolute atomic E-state index is 9.99. The number of hydrogen-bond donors (Lipinski definition) is 1. The van der Waals surface area contributed by atoms with Gasteiger partial charge in [-0.1, -0.05) is 24.6 Å². The Morgan fingerprint density at radius 3 is 3.06 bits per heavy atom. The van der Waals surface area contributed by atoms with E-state index in [2.05, 4.69) is 11.4 Å². The Labute approximate surface area is 113 Å². The fraction of sp³-hybridized carbons (Fsp3) is 0.571. The van der Waals surface area contributed by atoms with Crippen molar-refractivity contribution < 1.29 is 4.74 Å². The average molecular weight is 264 g/mol. The van der Waals surface area contributed by atoms with Crippen molar-refractivity contribution in [1.29, 1.82) is 0 Å². The summed E-state index contributed by atoms with van der Waals surface area (Å²) in [5.74, 6) is 1.81. The van der Waals surface area contributed by atoms with Gasteiger partial charge in [0, 0.05) is 16.6 Å². The zero-order valence-corrected chi connectivity index (χ0v) is 11.6. The third kappa shape index (κ3) is 3.64. The summed E-state index contributed by atoms with van der Waals surface area (Å²) in [6.07, 6.45) is 3.04. The van der Waals surface area contributed by atoms with Gasteiger partial charge in [0.05, 0.1) is 7.11 Å². The van der Waals surface area contributed by atoms with Crippen LogP contribution in [0, 0.1) is 0 Å². The summed E-state index contributed by atoms with van der Waals surface area (Å²) in [6.45, 7) is 0.923. The minimum absolute atomic E-state index is 0.275. The average Bonchev–Trinajstić information content (AvgIpc) is 2.61. The third-order valence-corrected chi connectivity index (χ3v) is 4.67. The summed E-state index contributed by atoms with van der Waals surface area (Å²) in [5.41, 5.74) is 11.2.